The van der Waals surface area contributed by atoms with Crippen molar-refractivity contribution >= 4 is 11.9 Å². The zero-order valence-electron chi connectivity index (χ0n) is 20.9. The highest BCUT2D eigenvalue weighted by Crippen LogP contribution is 2.28. The molecule has 1 aromatic carbocycles. The van der Waals surface area contributed by atoms with E-state index < -0.39 is 24.0 Å². The number of nitrogens with zero attached hydrogens (tertiary/aromatic N) is 2. The zero-order valence-corrected chi connectivity index (χ0v) is 20.9. The number of carboxylic acid groups (broad SMARTS) is 1. The fraction of sp³-hybridized carbons (Fsp3) is 0.357. The van der Waals surface area contributed by atoms with Gasteiger partial charge in [0, 0.05) is 17.8 Å². The number of carboxylic acids is 1. The Hall–Kier alpha value is -3.74. The van der Waals surface area contributed by atoms with Gasteiger partial charge in [0.05, 0.1) is 23.9 Å². The number of hydrogen-bond donors (Lipinski definition) is 2. The third kappa shape index (κ3) is 6.44. The maximum atomic E-state index is 13.5. The van der Waals surface area contributed by atoms with E-state index in [0.29, 0.717) is 12.1 Å². The molecule has 2 atom stereocenters. The number of hydrogen-bond acceptors (Lipinski definition) is 4. The van der Waals surface area contributed by atoms with Crippen molar-refractivity contribution in [3.63, 3.8) is 0 Å². The molecular formula is C28H33N3O4. The summed E-state index contributed by atoms with van der Waals surface area (Å²) in [5.74, 6) is -1.32. The van der Waals surface area contributed by atoms with Crippen LogP contribution in [0.5, 0.6) is 0 Å². The minimum absolute atomic E-state index is 0.141. The highest BCUT2D eigenvalue weighted by Gasteiger charge is 2.27. The molecule has 7 heteroatoms. The number of carbonyl (C=O) groups is 2. The van der Waals surface area contributed by atoms with Crippen LogP contribution >= 0.6 is 0 Å². The van der Waals surface area contributed by atoms with Crippen LogP contribution in [-0.4, -0.2) is 26.5 Å². The van der Waals surface area contributed by atoms with Crippen LogP contribution in [0.15, 0.2) is 59.5 Å². The molecule has 0 radical (unpaired) electrons. The first-order chi connectivity index (χ1) is 16.6. The topological polar surface area (TPSA) is 101 Å². The predicted molar refractivity (Wildman–Crippen MR) is 136 cm³/mol. The van der Waals surface area contributed by atoms with Crippen molar-refractivity contribution in [2.75, 3.05) is 0 Å². The lowest BCUT2D eigenvalue weighted by Crippen LogP contribution is -2.40. The highest BCUT2D eigenvalue weighted by molar-refractivity contribution is 5.81. The Balaban J connectivity index is 1.98. The van der Waals surface area contributed by atoms with Crippen LogP contribution in [0, 0.1) is 26.7 Å². The summed E-state index contributed by atoms with van der Waals surface area (Å²) in [4.78, 5) is 42.5. The molecule has 7 nitrogen and oxygen atoms in total. The van der Waals surface area contributed by atoms with Crippen LogP contribution < -0.4 is 10.9 Å². The van der Waals surface area contributed by atoms with Gasteiger partial charge in [0.15, 0.2) is 0 Å². The quantitative estimate of drug-likeness (QED) is 0.465. The van der Waals surface area contributed by atoms with E-state index in [1.807, 2.05) is 65.0 Å². The molecular weight excluding hydrogens is 442 g/mol. The summed E-state index contributed by atoms with van der Waals surface area (Å²) in [5, 5.41) is 12.5. The first-order valence-electron chi connectivity index (χ1n) is 11.8. The van der Waals surface area contributed by atoms with E-state index in [4.69, 9.17) is 4.98 Å². The van der Waals surface area contributed by atoms with Gasteiger partial charge in [0.1, 0.15) is 6.04 Å². The lowest BCUT2D eigenvalue weighted by Gasteiger charge is -2.25. The van der Waals surface area contributed by atoms with E-state index in [0.717, 1.165) is 27.9 Å². The lowest BCUT2D eigenvalue weighted by molar-refractivity contribution is -0.138. The average Bonchev–Trinajstić information content (AvgIpc) is 2.77. The summed E-state index contributed by atoms with van der Waals surface area (Å²) in [6, 6.07) is 13.1. The first-order valence-corrected chi connectivity index (χ1v) is 11.8. The standard InChI is InChI=1S/C28H33N3O4/c1-17(2)14-24(31-13-12-18(3)15-25(31)32)28(35)30-23(16-26(33)34)21-10-7-11-22(29-21)27-19(4)8-6-9-20(27)5/h6-13,15,17,23-24H,14,16H2,1-5H3,(H,30,35)(H,33,34)/t23?,24-/m1/s1. The number of rotatable bonds is 9. The fourth-order valence-corrected chi connectivity index (χ4v) is 4.32. The second kappa shape index (κ2) is 11.1. The molecule has 184 valence electrons. The molecule has 0 bridgehead atoms. The van der Waals surface area contributed by atoms with E-state index in [-0.39, 0.29) is 17.9 Å². The van der Waals surface area contributed by atoms with Gasteiger partial charge < -0.3 is 15.0 Å². The molecule has 3 rings (SSSR count). The Morgan fingerprint density at radius 1 is 1.03 bits per heavy atom. The monoisotopic (exact) mass is 475 g/mol. The Morgan fingerprint density at radius 3 is 2.29 bits per heavy atom. The predicted octanol–water partition coefficient (Wildman–Crippen LogP) is 4.75. The smallest absolute Gasteiger partial charge is 0.305 e. The van der Waals surface area contributed by atoms with Crippen molar-refractivity contribution in [2.24, 2.45) is 5.92 Å². The molecule has 0 saturated carbocycles. The van der Waals surface area contributed by atoms with E-state index in [2.05, 4.69) is 5.32 Å². The third-order valence-corrected chi connectivity index (χ3v) is 6.00. The van der Waals surface area contributed by atoms with Gasteiger partial charge in [-0.1, -0.05) is 38.1 Å². The van der Waals surface area contributed by atoms with Crippen molar-refractivity contribution in [3.8, 4) is 11.3 Å². The Bertz CT molecular complexity index is 1260. The van der Waals surface area contributed by atoms with Crippen LogP contribution in [-0.2, 0) is 9.59 Å². The number of aryl methyl sites for hydroxylation is 3. The minimum atomic E-state index is -1.05. The Labute approximate surface area is 205 Å². The first kappa shape index (κ1) is 25.9. The Morgan fingerprint density at radius 2 is 1.69 bits per heavy atom. The van der Waals surface area contributed by atoms with E-state index in [1.54, 1.807) is 18.3 Å². The van der Waals surface area contributed by atoms with Gasteiger partial charge in [-0.2, -0.15) is 0 Å². The van der Waals surface area contributed by atoms with Crippen LogP contribution in [0.4, 0.5) is 0 Å². The zero-order chi connectivity index (χ0) is 25.7. The minimum Gasteiger partial charge on any atom is -0.481 e. The van der Waals surface area contributed by atoms with Gasteiger partial charge in [-0.3, -0.25) is 19.4 Å². The number of aliphatic carboxylic acids is 1. The summed E-state index contributed by atoms with van der Waals surface area (Å²) < 4.78 is 1.42. The molecule has 0 aliphatic rings. The van der Waals surface area contributed by atoms with Gasteiger partial charge in [0.25, 0.3) is 5.56 Å². The second-order valence-electron chi connectivity index (χ2n) is 9.47. The number of benzene rings is 1. The van der Waals surface area contributed by atoms with Crippen molar-refractivity contribution < 1.29 is 14.7 Å². The fourth-order valence-electron chi connectivity index (χ4n) is 4.32. The number of carbonyl (C=O) groups excluding carboxylic acids is 1. The van der Waals surface area contributed by atoms with Gasteiger partial charge in [-0.15, -0.1) is 0 Å². The van der Waals surface area contributed by atoms with Crippen LogP contribution in [0.3, 0.4) is 0 Å². The van der Waals surface area contributed by atoms with Crippen LogP contribution in [0.25, 0.3) is 11.3 Å². The SMILES string of the molecule is Cc1ccn([C@H](CC(C)C)C(=O)NC(CC(=O)O)c2cccc(-c3c(C)cccc3C)n2)c(=O)c1. The molecule has 0 aliphatic heterocycles. The van der Waals surface area contributed by atoms with Crippen LogP contribution in [0.1, 0.15) is 61.2 Å². The molecule has 2 heterocycles. The molecule has 0 aliphatic carbocycles. The van der Waals surface area contributed by atoms with Crippen molar-refractivity contribution in [1.29, 1.82) is 0 Å². The molecule has 0 spiro atoms. The second-order valence-corrected chi connectivity index (χ2v) is 9.47. The summed E-state index contributed by atoms with van der Waals surface area (Å²) in [5.41, 5.74) is 4.82. The average molecular weight is 476 g/mol. The van der Waals surface area contributed by atoms with Gasteiger partial charge in [-0.05, 0) is 68.0 Å². The number of nitrogens with one attached hydrogen (secondary N) is 1. The normalized spacial score (nSPS) is 12.9. The summed E-state index contributed by atoms with van der Waals surface area (Å²) >= 11 is 0. The molecule has 2 N–H and O–H groups in total. The van der Waals surface area contributed by atoms with Crippen molar-refractivity contribution in [2.45, 2.75) is 59.5 Å². The number of aromatic nitrogens is 2. The van der Waals surface area contributed by atoms with Gasteiger partial charge in [-0.25, -0.2) is 0 Å². The summed E-state index contributed by atoms with van der Waals surface area (Å²) in [7, 11) is 0. The molecule has 1 amide bonds. The van der Waals surface area contributed by atoms with E-state index >= 15 is 0 Å². The van der Waals surface area contributed by atoms with Gasteiger partial charge >= 0.3 is 5.97 Å². The highest BCUT2D eigenvalue weighted by atomic mass is 16.4. The van der Waals surface area contributed by atoms with Crippen LogP contribution in [0.2, 0.25) is 0 Å². The largest absolute Gasteiger partial charge is 0.481 e. The number of pyridine rings is 2. The molecule has 3 aromatic rings. The maximum absolute atomic E-state index is 13.5. The van der Waals surface area contributed by atoms with Crippen molar-refractivity contribution in [3.05, 3.63) is 87.5 Å². The maximum Gasteiger partial charge on any atom is 0.305 e. The molecule has 1 unspecified atom stereocenters. The summed E-state index contributed by atoms with van der Waals surface area (Å²) in [6.07, 6.45) is 1.73. The summed E-state index contributed by atoms with van der Waals surface area (Å²) in [6.45, 7) is 9.78. The lowest BCUT2D eigenvalue weighted by atomic mass is 9.98. The Kier molecular flexibility index (Phi) is 8.22. The molecule has 35 heavy (non-hydrogen) atoms. The van der Waals surface area contributed by atoms with E-state index in [9.17, 15) is 19.5 Å². The van der Waals surface area contributed by atoms with E-state index in [1.165, 1.54) is 10.6 Å². The number of amides is 1. The van der Waals surface area contributed by atoms with Crippen molar-refractivity contribution in [1.82, 2.24) is 14.9 Å². The molecule has 0 saturated heterocycles. The molecule has 2 aromatic heterocycles. The van der Waals surface area contributed by atoms with Gasteiger partial charge in [0.2, 0.25) is 5.91 Å². The molecule has 0 fully saturated rings. The third-order valence-electron chi connectivity index (χ3n) is 6.00.